The Bertz CT molecular complexity index is 1630. The van der Waals surface area contributed by atoms with Crippen LogP contribution in [0, 0.1) is 34.9 Å². The fourth-order valence-corrected chi connectivity index (χ4v) is 7.74. The summed E-state index contributed by atoms with van der Waals surface area (Å²) in [5, 5.41) is 10.7. The molecule has 1 saturated carbocycles. The minimum Gasteiger partial charge on any atom is -0.508 e. The number of carbonyl (C=O) groups is 4. The maximum atomic E-state index is 14.3. The van der Waals surface area contributed by atoms with Crippen molar-refractivity contribution in [2.45, 2.75) is 39.0 Å². The maximum Gasteiger partial charge on any atom is 0.573 e. The number of benzene rings is 2. The van der Waals surface area contributed by atoms with Gasteiger partial charge >= 0.3 is 6.36 Å². The topological polar surface area (TPSA) is 104 Å². The highest BCUT2D eigenvalue weighted by atomic mass is 35.5. The third kappa shape index (κ3) is 4.24. The molecule has 0 bridgehead atoms. The van der Waals surface area contributed by atoms with Crippen molar-refractivity contribution in [1.82, 2.24) is 4.90 Å². The zero-order chi connectivity index (χ0) is 31.2. The number of alkyl halides is 3. The maximum absolute atomic E-state index is 14.3. The summed E-state index contributed by atoms with van der Waals surface area (Å²) in [5.41, 5.74) is -1.29. The Labute approximate surface area is 247 Å². The third-order valence-corrected chi connectivity index (χ3v) is 9.68. The van der Waals surface area contributed by atoms with Gasteiger partial charge in [-0.3, -0.25) is 24.1 Å². The Morgan fingerprint density at radius 1 is 1.05 bits per heavy atom. The van der Waals surface area contributed by atoms with Crippen LogP contribution in [0.4, 0.5) is 23.2 Å². The first-order chi connectivity index (χ1) is 20.2. The Morgan fingerprint density at radius 3 is 2.42 bits per heavy atom. The molecule has 0 aromatic heterocycles. The van der Waals surface area contributed by atoms with E-state index >= 15 is 0 Å². The van der Waals surface area contributed by atoms with E-state index < -0.39 is 76.4 Å². The lowest BCUT2D eigenvalue weighted by molar-refractivity contribution is -0.274. The van der Waals surface area contributed by atoms with Crippen LogP contribution in [-0.4, -0.2) is 46.5 Å². The van der Waals surface area contributed by atoms with E-state index in [1.165, 1.54) is 13.0 Å². The molecule has 2 heterocycles. The fourth-order valence-electron chi connectivity index (χ4n) is 7.57. The van der Waals surface area contributed by atoms with E-state index in [0.717, 1.165) is 40.1 Å². The predicted molar refractivity (Wildman–Crippen MR) is 143 cm³/mol. The number of phenolic OH excluding ortho intramolecular Hbond substituents is 1. The van der Waals surface area contributed by atoms with Gasteiger partial charge in [-0.25, -0.2) is 9.29 Å². The van der Waals surface area contributed by atoms with Crippen molar-refractivity contribution in [2.24, 2.45) is 29.1 Å². The molecule has 2 aliphatic carbocycles. The molecular weight excluding hydrogens is 596 g/mol. The number of allylic oxidation sites excluding steroid dienone is 2. The number of hydrogen-bond donors (Lipinski definition) is 1. The fraction of sp³-hybridized carbons (Fsp3) is 0.400. The lowest BCUT2D eigenvalue weighted by Crippen LogP contribution is -2.48. The van der Waals surface area contributed by atoms with Crippen LogP contribution in [0.25, 0.3) is 0 Å². The van der Waals surface area contributed by atoms with Gasteiger partial charge in [0.05, 0.1) is 33.9 Å². The van der Waals surface area contributed by atoms with E-state index in [1.807, 2.05) is 0 Å². The van der Waals surface area contributed by atoms with Crippen molar-refractivity contribution in [3.8, 4) is 11.5 Å². The predicted octanol–water partition coefficient (Wildman–Crippen LogP) is 5.33. The summed E-state index contributed by atoms with van der Waals surface area (Å²) >= 11 is 5.96. The number of anilines is 1. The largest absolute Gasteiger partial charge is 0.573 e. The third-order valence-electron chi connectivity index (χ3n) is 9.39. The number of carbonyl (C=O) groups excluding carboxylic acids is 4. The Hall–Kier alpha value is -3.93. The van der Waals surface area contributed by atoms with Gasteiger partial charge in [0, 0.05) is 18.0 Å². The summed E-state index contributed by atoms with van der Waals surface area (Å²) in [6, 6.07) is 6.23. The molecule has 13 heteroatoms. The molecule has 4 amide bonds. The number of ether oxygens (including phenoxy) is 1. The van der Waals surface area contributed by atoms with Gasteiger partial charge in [0.2, 0.25) is 23.6 Å². The van der Waals surface area contributed by atoms with Crippen LogP contribution in [-0.2, 0) is 19.2 Å². The number of hydrogen-bond acceptors (Lipinski definition) is 6. The number of imide groups is 2. The molecule has 8 nitrogen and oxygen atoms in total. The smallest absolute Gasteiger partial charge is 0.508 e. The molecule has 6 unspecified atom stereocenters. The van der Waals surface area contributed by atoms with Crippen molar-refractivity contribution in [3.05, 3.63) is 64.5 Å². The summed E-state index contributed by atoms with van der Waals surface area (Å²) < 4.78 is 57.6. The molecule has 3 fully saturated rings. The van der Waals surface area contributed by atoms with Crippen LogP contribution in [0.3, 0.4) is 0 Å². The zero-order valence-electron chi connectivity index (χ0n) is 22.8. The molecule has 2 aromatic rings. The van der Waals surface area contributed by atoms with Gasteiger partial charge < -0.3 is 9.84 Å². The van der Waals surface area contributed by atoms with Crippen LogP contribution >= 0.6 is 11.6 Å². The SMILES string of the molecule is CCN1C(=O)C2CC=C3C(CC4C(=O)N(c5ccc(F)c(Cl)c5)C(=O)C4(C)C3c3cc(OC(F)(F)F)ccc3O)C2C1=O. The second-order valence-electron chi connectivity index (χ2n) is 11.4. The number of halogens is 5. The van der Waals surface area contributed by atoms with E-state index in [4.69, 9.17) is 11.6 Å². The highest BCUT2D eigenvalue weighted by Gasteiger charge is 2.68. The summed E-state index contributed by atoms with van der Waals surface area (Å²) in [5.74, 6) is -8.62. The number of nitrogens with zero attached hydrogens (tertiary/aromatic N) is 2. The van der Waals surface area contributed by atoms with Crippen LogP contribution in [0.1, 0.15) is 38.2 Å². The zero-order valence-corrected chi connectivity index (χ0v) is 23.6. The van der Waals surface area contributed by atoms with Crippen LogP contribution in [0.5, 0.6) is 11.5 Å². The highest BCUT2D eigenvalue weighted by molar-refractivity contribution is 6.31. The molecule has 6 rings (SSSR count). The molecule has 2 aromatic carbocycles. The second kappa shape index (κ2) is 9.80. The lowest BCUT2D eigenvalue weighted by Gasteiger charge is -2.49. The van der Waals surface area contributed by atoms with E-state index in [-0.39, 0.29) is 41.6 Å². The summed E-state index contributed by atoms with van der Waals surface area (Å²) in [6.07, 6.45) is -3.22. The molecule has 43 heavy (non-hydrogen) atoms. The molecule has 2 aliphatic heterocycles. The molecule has 2 saturated heterocycles. The van der Waals surface area contributed by atoms with Gasteiger partial charge in [0.25, 0.3) is 0 Å². The Morgan fingerprint density at radius 2 is 1.77 bits per heavy atom. The van der Waals surface area contributed by atoms with Crippen LogP contribution < -0.4 is 9.64 Å². The Kier molecular flexibility index (Phi) is 6.64. The average molecular weight is 621 g/mol. The van der Waals surface area contributed by atoms with E-state index in [9.17, 15) is 41.8 Å². The van der Waals surface area contributed by atoms with Gasteiger partial charge in [-0.05, 0) is 69.0 Å². The molecule has 1 N–H and O–H groups in total. The molecule has 0 radical (unpaired) electrons. The van der Waals surface area contributed by atoms with Crippen molar-refractivity contribution in [3.63, 3.8) is 0 Å². The minimum absolute atomic E-state index is 0.00624. The van der Waals surface area contributed by atoms with Crippen LogP contribution in [0.2, 0.25) is 5.02 Å². The standard InChI is InChI=1S/C30H25ClF4N2O6/c1-3-36-25(39)16-7-6-15-17(23(16)27(36)41)12-19-26(40)37(13-4-8-21(32)20(31)10-13)28(42)29(19,2)24(15)18-11-14(5-9-22(18)38)43-30(33,34)35/h4-6,8-11,16-17,19,23-24,38H,3,7,12H2,1-2H3. The average Bonchev–Trinajstić information content (AvgIpc) is 3.30. The van der Waals surface area contributed by atoms with Gasteiger partial charge in [0.1, 0.15) is 17.3 Å². The van der Waals surface area contributed by atoms with Gasteiger partial charge in [-0.2, -0.15) is 0 Å². The number of phenols is 1. The minimum atomic E-state index is -5.05. The first-order valence-electron chi connectivity index (χ1n) is 13.7. The number of fused-ring (bicyclic) bond motifs is 4. The highest BCUT2D eigenvalue weighted by Crippen LogP contribution is 2.64. The first-order valence-corrected chi connectivity index (χ1v) is 14.0. The molecule has 0 spiro atoms. The lowest BCUT2D eigenvalue weighted by atomic mass is 9.51. The quantitative estimate of drug-likeness (QED) is 0.281. The molecule has 4 aliphatic rings. The van der Waals surface area contributed by atoms with Crippen molar-refractivity contribution < 1.29 is 46.6 Å². The van der Waals surface area contributed by atoms with E-state index in [1.54, 1.807) is 13.0 Å². The summed E-state index contributed by atoms with van der Waals surface area (Å²) in [4.78, 5) is 57.0. The normalized spacial score (nSPS) is 30.3. The van der Waals surface area contributed by atoms with Crippen LogP contribution in [0.15, 0.2) is 48.0 Å². The van der Waals surface area contributed by atoms with Crippen molar-refractivity contribution in [2.75, 3.05) is 11.4 Å². The summed E-state index contributed by atoms with van der Waals surface area (Å²) in [7, 11) is 0. The van der Waals surface area contributed by atoms with E-state index in [0.29, 0.717) is 5.57 Å². The number of rotatable bonds is 4. The van der Waals surface area contributed by atoms with Crippen molar-refractivity contribution in [1.29, 1.82) is 0 Å². The molecular formula is C30H25ClF4N2O6. The second-order valence-corrected chi connectivity index (χ2v) is 11.9. The Balaban J connectivity index is 1.55. The monoisotopic (exact) mass is 620 g/mol. The van der Waals surface area contributed by atoms with Crippen molar-refractivity contribution >= 4 is 40.9 Å². The molecule has 226 valence electrons. The number of likely N-dealkylation sites (tertiary alicyclic amines) is 1. The molecule has 6 atom stereocenters. The first kappa shape index (κ1) is 29.2. The summed E-state index contributed by atoms with van der Waals surface area (Å²) in [6.45, 7) is 3.30. The van der Waals surface area contributed by atoms with Gasteiger partial charge in [-0.1, -0.05) is 23.3 Å². The van der Waals surface area contributed by atoms with E-state index in [2.05, 4.69) is 4.74 Å². The van der Waals surface area contributed by atoms with Gasteiger partial charge in [-0.15, -0.1) is 13.2 Å². The van der Waals surface area contributed by atoms with Gasteiger partial charge in [0.15, 0.2) is 0 Å². The number of aromatic hydroxyl groups is 1. The number of amides is 4.